The molecule has 0 radical (unpaired) electrons. The Morgan fingerprint density at radius 3 is 1.46 bits per heavy atom. The van der Waals surface area contributed by atoms with E-state index in [4.69, 9.17) is 0 Å². The first kappa shape index (κ1) is 12.2. The Hall–Kier alpha value is -0.820. The highest BCUT2D eigenvalue weighted by Gasteiger charge is 1.83. The highest BCUT2D eigenvalue weighted by molar-refractivity contribution is 5.23. The summed E-state index contributed by atoms with van der Waals surface area (Å²) < 4.78 is 0. The van der Waals surface area contributed by atoms with E-state index >= 15 is 0 Å². The van der Waals surface area contributed by atoms with Crippen molar-refractivity contribution in [2.45, 2.75) is 20.8 Å². The number of aryl methyl sites for hydroxylation is 2. The smallest absolute Gasteiger partial charge is 0.00533 e. The number of hydrogen-bond acceptors (Lipinski definition) is 1. The molecule has 0 aliphatic heterocycles. The average molecular weight is 179 g/mol. The highest BCUT2D eigenvalue weighted by atomic mass is 15.0. The van der Waals surface area contributed by atoms with E-state index in [9.17, 15) is 0 Å². The molecular weight excluding hydrogens is 158 g/mol. The van der Waals surface area contributed by atoms with E-state index in [-0.39, 0.29) is 0 Å². The Kier molecular flexibility index (Phi) is 6.25. The Morgan fingerprint density at radius 1 is 1.00 bits per heavy atom. The monoisotopic (exact) mass is 179 g/mol. The minimum absolute atomic E-state index is 1.14. The van der Waals surface area contributed by atoms with Crippen molar-refractivity contribution in [2.24, 2.45) is 0 Å². The van der Waals surface area contributed by atoms with Crippen LogP contribution < -0.4 is 0 Å². The normalized spacial score (nSPS) is 9.38. The van der Waals surface area contributed by atoms with Gasteiger partial charge in [0, 0.05) is 0 Å². The minimum atomic E-state index is 1.14. The van der Waals surface area contributed by atoms with Crippen LogP contribution >= 0.6 is 0 Å². The van der Waals surface area contributed by atoms with Gasteiger partial charge >= 0.3 is 0 Å². The molecule has 0 aliphatic carbocycles. The topological polar surface area (TPSA) is 3.24 Å². The van der Waals surface area contributed by atoms with Crippen molar-refractivity contribution in [3.63, 3.8) is 0 Å². The third-order valence-electron chi connectivity index (χ3n) is 2.06. The van der Waals surface area contributed by atoms with Crippen molar-refractivity contribution in [3.05, 3.63) is 35.4 Å². The fraction of sp³-hybridized carbons (Fsp3) is 0.500. The van der Waals surface area contributed by atoms with Crippen LogP contribution in [0.5, 0.6) is 0 Å². The van der Waals surface area contributed by atoms with Gasteiger partial charge in [-0.15, -0.1) is 0 Å². The molecule has 1 heteroatoms. The first-order chi connectivity index (χ1) is 6.07. The van der Waals surface area contributed by atoms with Gasteiger partial charge in [0.05, 0.1) is 0 Å². The molecular formula is C12H21N. The number of benzene rings is 1. The van der Waals surface area contributed by atoms with Crippen molar-refractivity contribution in [1.29, 1.82) is 0 Å². The van der Waals surface area contributed by atoms with Crippen molar-refractivity contribution in [2.75, 3.05) is 20.6 Å². The maximum Gasteiger partial charge on any atom is -0.00533 e. The van der Waals surface area contributed by atoms with Gasteiger partial charge in [-0.2, -0.15) is 0 Å². The molecule has 0 heterocycles. The van der Waals surface area contributed by atoms with Gasteiger partial charge < -0.3 is 4.90 Å². The van der Waals surface area contributed by atoms with Crippen molar-refractivity contribution >= 4 is 0 Å². The maximum atomic E-state index is 2.12. The quantitative estimate of drug-likeness (QED) is 0.640. The Morgan fingerprint density at radius 2 is 1.31 bits per heavy atom. The van der Waals surface area contributed by atoms with E-state index in [2.05, 4.69) is 64.0 Å². The maximum absolute atomic E-state index is 2.12. The molecule has 0 aliphatic rings. The molecule has 0 bridgehead atoms. The van der Waals surface area contributed by atoms with E-state index in [1.807, 2.05) is 0 Å². The molecule has 74 valence electrons. The first-order valence-corrected chi connectivity index (χ1v) is 4.75. The third kappa shape index (κ3) is 6.35. The van der Waals surface area contributed by atoms with Crippen LogP contribution in [0.1, 0.15) is 18.1 Å². The second-order valence-electron chi connectivity index (χ2n) is 3.48. The lowest BCUT2D eigenvalue weighted by molar-refractivity contribution is 0.434. The van der Waals surface area contributed by atoms with Crippen molar-refractivity contribution in [1.82, 2.24) is 4.90 Å². The molecule has 0 fully saturated rings. The van der Waals surface area contributed by atoms with E-state index in [1.165, 1.54) is 11.1 Å². The van der Waals surface area contributed by atoms with E-state index in [0.717, 1.165) is 6.54 Å². The van der Waals surface area contributed by atoms with Crippen LogP contribution in [0, 0.1) is 13.8 Å². The Labute approximate surface area is 82.4 Å². The summed E-state index contributed by atoms with van der Waals surface area (Å²) in [6.07, 6.45) is 0. The van der Waals surface area contributed by atoms with Crippen LogP contribution in [0.25, 0.3) is 0 Å². The van der Waals surface area contributed by atoms with Crippen LogP contribution in [0.3, 0.4) is 0 Å². The molecule has 1 aromatic carbocycles. The molecule has 0 N–H and O–H groups in total. The van der Waals surface area contributed by atoms with Crippen LogP contribution in [-0.2, 0) is 0 Å². The molecule has 0 atom stereocenters. The van der Waals surface area contributed by atoms with Gasteiger partial charge in [0.15, 0.2) is 0 Å². The summed E-state index contributed by atoms with van der Waals surface area (Å²) in [5.74, 6) is 0. The Bertz CT molecular complexity index is 207. The zero-order valence-electron chi connectivity index (χ0n) is 9.46. The van der Waals surface area contributed by atoms with Crippen LogP contribution in [0.4, 0.5) is 0 Å². The summed E-state index contributed by atoms with van der Waals surface area (Å²) in [5, 5.41) is 0. The third-order valence-corrected chi connectivity index (χ3v) is 2.06. The molecule has 1 nitrogen and oxygen atoms in total. The summed E-state index contributed by atoms with van der Waals surface area (Å²) in [4.78, 5) is 2.12. The van der Waals surface area contributed by atoms with Gasteiger partial charge in [-0.3, -0.25) is 0 Å². The molecule has 1 aromatic rings. The molecule has 13 heavy (non-hydrogen) atoms. The predicted octanol–water partition coefficient (Wildman–Crippen LogP) is 2.87. The summed E-state index contributed by atoms with van der Waals surface area (Å²) in [7, 11) is 4.11. The van der Waals surface area contributed by atoms with Crippen LogP contribution in [-0.4, -0.2) is 25.5 Å². The van der Waals surface area contributed by atoms with Crippen LogP contribution in [0.15, 0.2) is 24.3 Å². The lowest BCUT2D eigenvalue weighted by Gasteiger charge is -2.00. The zero-order chi connectivity index (χ0) is 10.3. The van der Waals surface area contributed by atoms with Crippen molar-refractivity contribution in [3.8, 4) is 0 Å². The Balaban J connectivity index is 0.000000252. The number of nitrogens with zero attached hydrogens (tertiary/aromatic N) is 1. The highest BCUT2D eigenvalue weighted by Crippen LogP contribution is 2.02. The predicted molar refractivity (Wildman–Crippen MR) is 60.1 cm³/mol. The van der Waals surface area contributed by atoms with E-state index < -0.39 is 0 Å². The second kappa shape index (κ2) is 6.67. The summed E-state index contributed by atoms with van der Waals surface area (Å²) in [5.41, 5.74) is 2.74. The summed E-state index contributed by atoms with van der Waals surface area (Å²) >= 11 is 0. The molecule has 1 rings (SSSR count). The SMILES string of the molecule is CCN(C)C.Cc1ccccc1C. The second-order valence-corrected chi connectivity index (χ2v) is 3.48. The van der Waals surface area contributed by atoms with Gasteiger partial charge in [-0.05, 0) is 45.6 Å². The minimum Gasteiger partial charge on any atom is -0.310 e. The molecule has 0 spiro atoms. The van der Waals surface area contributed by atoms with Gasteiger partial charge in [0.2, 0.25) is 0 Å². The lowest BCUT2D eigenvalue weighted by atomic mass is 10.1. The number of rotatable bonds is 1. The van der Waals surface area contributed by atoms with Gasteiger partial charge in [0.25, 0.3) is 0 Å². The molecule has 0 amide bonds. The lowest BCUT2D eigenvalue weighted by Crippen LogP contribution is -2.08. The van der Waals surface area contributed by atoms with Gasteiger partial charge in [-0.1, -0.05) is 31.2 Å². The number of hydrogen-bond donors (Lipinski definition) is 0. The summed E-state index contributed by atoms with van der Waals surface area (Å²) in [6, 6.07) is 8.36. The van der Waals surface area contributed by atoms with E-state index in [1.54, 1.807) is 0 Å². The van der Waals surface area contributed by atoms with Crippen LogP contribution in [0.2, 0.25) is 0 Å². The zero-order valence-corrected chi connectivity index (χ0v) is 9.46. The summed E-state index contributed by atoms with van der Waals surface area (Å²) in [6.45, 7) is 7.50. The van der Waals surface area contributed by atoms with Gasteiger partial charge in [-0.25, -0.2) is 0 Å². The molecule has 0 aromatic heterocycles. The largest absolute Gasteiger partial charge is 0.310 e. The fourth-order valence-corrected chi connectivity index (χ4v) is 0.663. The standard InChI is InChI=1S/C8H10.C4H11N/c1-7-5-3-4-6-8(7)2;1-4-5(2)3/h3-6H,1-2H3;4H2,1-3H3. The average Bonchev–Trinajstić information content (AvgIpc) is 2.11. The molecule has 0 saturated heterocycles. The van der Waals surface area contributed by atoms with E-state index in [0.29, 0.717) is 0 Å². The molecule has 0 unspecified atom stereocenters. The van der Waals surface area contributed by atoms with Crippen molar-refractivity contribution < 1.29 is 0 Å². The first-order valence-electron chi connectivity index (χ1n) is 4.75. The fourth-order valence-electron chi connectivity index (χ4n) is 0.663. The van der Waals surface area contributed by atoms with Gasteiger partial charge in [0.1, 0.15) is 0 Å². The molecule has 0 saturated carbocycles.